The number of para-hydroxylation sites is 1. The summed E-state index contributed by atoms with van der Waals surface area (Å²) in [6.45, 7) is 7.43. The maximum atomic E-state index is 13.0. The van der Waals surface area contributed by atoms with Gasteiger partial charge in [0.25, 0.3) is 17.1 Å². The molecule has 0 saturated carbocycles. The summed E-state index contributed by atoms with van der Waals surface area (Å²) < 4.78 is 11.5. The van der Waals surface area contributed by atoms with E-state index in [0.717, 1.165) is 33.5 Å². The van der Waals surface area contributed by atoms with Crippen LogP contribution in [0.3, 0.4) is 0 Å². The molecule has 224 valence electrons. The number of hydrogen-bond donors (Lipinski definition) is 2. The normalized spacial score (nSPS) is 13.9. The first kappa shape index (κ1) is 31.7. The number of carbonyl (C=O) groups is 4. The molecule has 1 saturated heterocycles. The average Bonchev–Trinajstić information content (AvgIpc) is 3.22. The highest BCUT2D eigenvalue weighted by atomic mass is 35.5. The van der Waals surface area contributed by atoms with E-state index in [0.29, 0.717) is 34.4 Å². The molecule has 0 aliphatic carbocycles. The van der Waals surface area contributed by atoms with Crippen LogP contribution in [0.25, 0.3) is 6.08 Å². The Morgan fingerprint density at radius 3 is 2.47 bits per heavy atom. The quantitative estimate of drug-likeness (QED) is 0.225. The van der Waals surface area contributed by atoms with Gasteiger partial charge in [-0.1, -0.05) is 55.8 Å². The Kier molecular flexibility index (Phi) is 10.5. The second-order valence-corrected chi connectivity index (χ2v) is 11.4. The molecule has 0 aromatic heterocycles. The predicted octanol–water partition coefficient (Wildman–Crippen LogP) is 6.86. The van der Waals surface area contributed by atoms with Crippen LogP contribution >= 0.6 is 23.4 Å². The van der Waals surface area contributed by atoms with Gasteiger partial charge in [-0.15, -0.1) is 0 Å². The largest absolute Gasteiger partial charge is 0.490 e. The first-order valence-corrected chi connectivity index (χ1v) is 14.8. The Labute approximate surface area is 259 Å². The molecule has 1 fully saturated rings. The van der Waals surface area contributed by atoms with Gasteiger partial charge in [-0.2, -0.15) is 0 Å². The predicted molar refractivity (Wildman–Crippen MR) is 170 cm³/mol. The van der Waals surface area contributed by atoms with E-state index in [1.54, 1.807) is 42.5 Å². The number of imide groups is 1. The summed E-state index contributed by atoms with van der Waals surface area (Å²) in [5.74, 6) is -0.451. The number of amides is 4. The van der Waals surface area contributed by atoms with Gasteiger partial charge in [-0.05, 0) is 84.6 Å². The van der Waals surface area contributed by atoms with Crippen molar-refractivity contribution in [3.63, 3.8) is 0 Å². The van der Waals surface area contributed by atoms with Gasteiger partial charge >= 0.3 is 0 Å². The molecular formula is C32H32ClN3O6S. The Morgan fingerprint density at radius 2 is 1.74 bits per heavy atom. The highest BCUT2D eigenvalue weighted by Gasteiger charge is 2.36. The van der Waals surface area contributed by atoms with Crippen LogP contribution < -0.4 is 20.1 Å². The topological polar surface area (TPSA) is 114 Å². The van der Waals surface area contributed by atoms with Crippen molar-refractivity contribution in [1.82, 2.24) is 4.90 Å². The van der Waals surface area contributed by atoms with Crippen molar-refractivity contribution in [2.24, 2.45) is 0 Å². The van der Waals surface area contributed by atoms with Gasteiger partial charge in [0.2, 0.25) is 5.91 Å². The number of aryl methyl sites for hydroxylation is 1. The molecule has 3 aromatic rings. The third-order valence-electron chi connectivity index (χ3n) is 6.41. The van der Waals surface area contributed by atoms with Crippen LogP contribution in [0, 0.1) is 6.92 Å². The highest BCUT2D eigenvalue weighted by Crippen LogP contribution is 2.35. The Hall–Kier alpha value is -4.28. The van der Waals surface area contributed by atoms with E-state index in [4.69, 9.17) is 21.1 Å². The summed E-state index contributed by atoms with van der Waals surface area (Å²) in [4.78, 5) is 51.8. The smallest absolute Gasteiger partial charge is 0.294 e. The number of carbonyl (C=O) groups excluding carboxylic acids is 4. The number of ether oxygens (including phenoxy) is 2. The van der Waals surface area contributed by atoms with Gasteiger partial charge in [0.15, 0.2) is 18.1 Å². The van der Waals surface area contributed by atoms with Crippen LogP contribution in [0.15, 0.2) is 65.6 Å². The number of anilines is 2. The van der Waals surface area contributed by atoms with Gasteiger partial charge in [0.1, 0.15) is 6.54 Å². The zero-order valence-corrected chi connectivity index (χ0v) is 25.8. The van der Waals surface area contributed by atoms with Crippen molar-refractivity contribution in [1.29, 1.82) is 0 Å². The van der Waals surface area contributed by atoms with Crippen LogP contribution in [-0.4, -0.2) is 47.6 Å². The molecule has 4 amide bonds. The summed E-state index contributed by atoms with van der Waals surface area (Å²) in [5.41, 5.74) is 3.66. The molecule has 0 bridgehead atoms. The number of thioether (sulfide) groups is 1. The second-order valence-electron chi connectivity index (χ2n) is 10.00. The van der Waals surface area contributed by atoms with Crippen LogP contribution in [0.2, 0.25) is 5.02 Å². The lowest BCUT2D eigenvalue weighted by Crippen LogP contribution is -2.36. The summed E-state index contributed by atoms with van der Waals surface area (Å²) >= 11 is 6.85. The van der Waals surface area contributed by atoms with E-state index in [1.165, 1.54) is 0 Å². The van der Waals surface area contributed by atoms with Gasteiger partial charge in [0.05, 0.1) is 11.5 Å². The summed E-state index contributed by atoms with van der Waals surface area (Å²) in [6, 6.07) is 17.6. The SMILES string of the molecule is CCOc1cc(/C=C2/SC(=O)N(CC(=O)Nc3ccc(C)c(Cl)c3)C2=O)ccc1OCC(=O)Nc1ccccc1C(C)C. The molecule has 1 heterocycles. The summed E-state index contributed by atoms with van der Waals surface area (Å²) in [7, 11) is 0. The minimum Gasteiger partial charge on any atom is -0.490 e. The fraction of sp³-hybridized carbons (Fsp3) is 0.250. The van der Waals surface area contributed by atoms with Crippen LogP contribution in [0.4, 0.5) is 16.2 Å². The lowest BCUT2D eigenvalue weighted by Gasteiger charge is -2.15. The van der Waals surface area contributed by atoms with E-state index < -0.39 is 23.6 Å². The number of nitrogens with one attached hydrogen (secondary N) is 2. The monoisotopic (exact) mass is 621 g/mol. The van der Waals surface area contributed by atoms with Crippen molar-refractivity contribution in [2.75, 3.05) is 30.4 Å². The molecular weight excluding hydrogens is 590 g/mol. The molecule has 1 aliphatic rings. The number of hydrogen-bond acceptors (Lipinski definition) is 7. The number of nitrogens with zero attached hydrogens (tertiary/aromatic N) is 1. The molecule has 9 nitrogen and oxygen atoms in total. The Bertz CT molecular complexity index is 1590. The van der Waals surface area contributed by atoms with Gasteiger partial charge in [-0.3, -0.25) is 24.1 Å². The molecule has 1 aliphatic heterocycles. The van der Waals surface area contributed by atoms with Crippen molar-refractivity contribution in [3.8, 4) is 11.5 Å². The minimum atomic E-state index is -0.580. The fourth-order valence-electron chi connectivity index (χ4n) is 4.25. The van der Waals surface area contributed by atoms with E-state index in [9.17, 15) is 19.2 Å². The van der Waals surface area contributed by atoms with Crippen molar-refractivity contribution < 1.29 is 28.7 Å². The van der Waals surface area contributed by atoms with E-state index in [-0.39, 0.29) is 23.3 Å². The fourth-order valence-corrected chi connectivity index (χ4v) is 5.27. The molecule has 3 aromatic carbocycles. The maximum Gasteiger partial charge on any atom is 0.294 e. The minimum absolute atomic E-state index is 0.162. The molecule has 4 rings (SSSR count). The van der Waals surface area contributed by atoms with Crippen LogP contribution in [-0.2, 0) is 14.4 Å². The number of benzene rings is 3. The summed E-state index contributed by atoms with van der Waals surface area (Å²) in [6.07, 6.45) is 1.55. The van der Waals surface area contributed by atoms with Gasteiger partial charge in [0, 0.05) is 16.4 Å². The van der Waals surface area contributed by atoms with Crippen molar-refractivity contribution in [3.05, 3.63) is 87.3 Å². The van der Waals surface area contributed by atoms with E-state index >= 15 is 0 Å². The first-order valence-electron chi connectivity index (χ1n) is 13.7. The zero-order chi connectivity index (χ0) is 31.1. The third kappa shape index (κ3) is 8.18. The van der Waals surface area contributed by atoms with E-state index in [2.05, 4.69) is 24.5 Å². The van der Waals surface area contributed by atoms with Gasteiger partial charge in [-0.25, -0.2) is 0 Å². The van der Waals surface area contributed by atoms with Crippen LogP contribution in [0.1, 0.15) is 43.4 Å². The van der Waals surface area contributed by atoms with Crippen LogP contribution in [0.5, 0.6) is 11.5 Å². The zero-order valence-electron chi connectivity index (χ0n) is 24.2. The molecule has 2 N–H and O–H groups in total. The lowest BCUT2D eigenvalue weighted by molar-refractivity contribution is -0.127. The second kappa shape index (κ2) is 14.3. The molecule has 0 spiro atoms. The van der Waals surface area contributed by atoms with Gasteiger partial charge < -0.3 is 20.1 Å². The Balaban J connectivity index is 1.41. The first-order chi connectivity index (χ1) is 20.5. The van der Waals surface area contributed by atoms with Crippen molar-refractivity contribution in [2.45, 2.75) is 33.6 Å². The number of halogens is 1. The third-order valence-corrected chi connectivity index (χ3v) is 7.73. The van der Waals surface area contributed by atoms with Crippen molar-refractivity contribution >= 4 is 63.8 Å². The standard InChI is InChI=1S/C32H32ClN3O6S/c1-5-41-27-14-21(11-13-26(27)42-18-30(38)35-25-9-7-6-8-23(25)19(2)3)15-28-31(39)36(32(40)43-28)17-29(37)34-22-12-10-20(4)24(33)16-22/h6-16,19H,5,17-18H2,1-4H3,(H,34,37)(H,35,38)/b28-15+. The highest BCUT2D eigenvalue weighted by molar-refractivity contribution is 8.18. The van der Waals surface area contributed by atoms with E-state index in [1.807, 2.05) is 38.1 Å². The lowest BCUT2D eigenvalue weighted by atomic mass is 10.0. The molecule has 11 heteroatoms. The molecule has 0 radical (unpaired) electrons. The summed E-state index contributed by atoms with van der Waals surface area (Å²) in [5, 5.41) is 5.49. The molecule has 0 unspecified atom stereocenters. The molecule has 43 heavy (non-hydrogen) atoms. The molecule has 0 atom stereocenters. The number of rotatable bonds is 11. The Morgan fingerprint density at radius 1 is 0.977 bits per heavy atom. The maximum absolute atomic E-state index is 13.0. The average molecular weight is 622 g/mol.